The average molecular weight is 330 g/mol. The summed E-state index contributed by atoms with van der Waals surface area (Å²) in [5.74, 6) is -0.170. The van der Waals surface area contributed by atoms with Gasteiger partial charge < -0.3 is 5.32 Å². The van der Waals surface area contributed by atoms with E-state index < -0.39 is 0 Å². The summed E-state index contributed by atoms with van der Waals surface area (Å²) >= 11 is 7.51. The van der Waals surface area contributed by atoms with Crippen LogP contribution in [0.1, 0.15) is 11.1 Å². The number of rotatable bonds is 2. The van der Waals surface area contributed by atoms with Crippen LogP contribution in [0.4, 0.5) is 5.69 Å². The lowest BCUT2D eigenvalue weighted by Crippen LogP contribution is -2.19. The molecular weight excluding hydrogens is 318 g/mol. The number of amides is 1. The van der Waals surface area contributed by atoms with E-state index in [0.717, 1.165) is 11.1 Å². The minimum Gasteiger partial charge on any atom is -0.300 e. The molecule has 1 N–H and O–H groups in total. The van der Waals surface area contributed by atoms with Crippen molar-refractivity contribution < 1.29 is 4.79 Å². The van der Waals surface area contributed by atoms with Gasteiger partial charge in [-0.25, -0.2) is 4.99 Å². The monoisotopic (exact) mass is 329 g/mol. The lowest BCUT2D eigenvalue weighted by Gasteiger charge is -2.02. The average Bonchev–Trinajstić information content (AvgIpc) is 2.85. The van der Waals surface area contributed by atoms with Crippen LogP contribution in [0, 0.1) is 6.92 Å². The molecule has 6 heteroatoms. The Hall–Kier alpha value is -2.11. The first-order valence-electron chi connectivity index (χ1n) is 6.58. The number of carbonyl (C=O) groups is 1. The van der Waals surface area contributed by atoms with Crippen molar-refractivity contribution in [1.82, 2.24) is 10.3 Å². The summed E-state index contributed by atoms with van der Waals surface area (Å²) in [7, 11) is 0. The molecule has 0 aliphatic carbocycles. The van der Waals surface area contributed by atoms with Crippen molar-refractivity contribution in [3.63, 3.8) is 0 Å². The lowest BCUT2D eigenvalue weighted by molar-refractivity contribution is -0.115. The predicted molar refractivity (Wildman–Crippen MR) is 91.2 cm³/mol. The highest BCUT2D eigenvalue weighted by atomic mass is 35.5. The molecule has 1 fully saturated rings. The van der Waals surface area contributed by atoms with Crippen LogP contribution in [0.3, 0.4) is 0 Å². The first kappa shape index (κ1) is 14.8. The van der Waals surface area contributed by atoms with Crippen LogP contribution in [-0.4, -0.2) is 16.1 Å². The molecule has 110 valence electrons. The Morgan fingerprint density at radius 2 is 2.18 bits per heavy atom. The third-order valence-corrected chi connectivity index (χ3v) is 4.43. The number of nitrogens with one attached hydrogen (secondary N) is 1. The normalized spacial score (nSPS) is 18.0. The molecule has 0 saturated carbocycles. The Bertz CT molecular complexity index is 787. The van der Waals surface area contributed by atoms with Gasteiger partial charge in [-0.1, -0.05) is 29.8 Å². The van der Waals surface area contributed by atoms with Crippen LogP contribution in [0.25, 0.3) is 6.08 Å². The van der Waals surface area contributed by atoms with Crippen molar-refractivity contribution in [2.24, 2.45) is 4.99 Å². The van der Waals surface area contributed by atoms with E-state index >= 15 is 0 Å². The van der Waals surface area contributed by atoms with Crippen LogP contribution in [0.15, 0.2) is 52.6 Å². The predicted octanol–water partition coefficient (Wildman–Crippen LogP) is 3.94. The van der Waals surface area contributed by atoms with Gasteiger partial charge in [0.2, 0.25) is 0 Å². The first-order chi connectivity index (χ1) is 10.6. The fourth-order valence-electron chi connectivity index (χ4n) is 1.92. The van der Waals surface area contributed by atoms with E-state index in [2.05, 4.69) is 15.3 Å². The molecule has 0 bridgehead atoms. The summed E-state index contributed by atoms with van der Waals surface area (Å²) in [6, 6.07) is 9.33. The number of aromatic nitrogens is 1. The number of halogens is 1. The summed E-state index contributed by atoms with van der Waals surface area (Å²) in [4.78, 5) is 21.0. The molecular formula is C16H12ClN3OS. The number of carbonyl (C=O) groups excluding carboxylic acids is 1. The molecule has 2 aromatic rings. The third kappa shape index (κ3) is 3.21. The van der Waals surface area contributed by atoms with E-state index in [1.807, 2.05) is 37.3 Å². The molecule has 1 aromatic carbocycles. The molecule has 3 rings (SSSR count). The maximum Gasteiger partial charge on any atom is 0.264 e. The molecule has 1 aromatic heterocycles. The lowest BCUT2D eigenvalue weighted by atomic mass is 10.2. The van der Waals surface area contributed by atoms with Gasteiger partial charge in [-0.05, 0) is 48.0 Å². The number of pyridine rings is 1. The number of aryl methyl sites for hydroxylation is 1. The zero-order valence-electron chi connectivity index (χ0n) is 11.7. The number of benzene rings is 1. The number of amidine groups is 1. The van der Waals surface area contributed by atoms with E-state index in [0.29, 0.717) is 20.8 Å². The van der Waals surface area contributed by atoms with E-state index in [9.17, 15) is 4.79 Å². The Morgan fingerprint density at radius 1 is 1.32 bits per heavy atom. The zero-order valence-corrected chi connectivity index (χ0v) is 13.3. The van der Waals surface area contributed by atoms with E-state index in [-0.39, 0.29) is 5.91 Å². The van der Waals surface area contributed by atoms with Gasteiger partial charge in [0.25, 0.3) is 5.91 Å². The van der Waals surface area contributed by atoms with Crippen LogP contribution in [-0.2, 0) is 4.79 Å². The van der Waals surface area contributed by atoms with Gasteiger partial charge >= 0.3 is 0 Å². The minimum atomic E-state index is -0.170. The van der Waals surface area contributed by atoms with Gasteiger partial charge in [0.1, 0.15) is 0 Å². The Labute approximate surface area is 137 Å². The maximum atomic E-state index is 12.0. The van der Waals surface area contributed by atoms with E-state index in [1.165, 1.54) is 11.8 Å². The Kier molecular flexibility index (Phi) is 4.27. The SMILES string of the molecule is Cc1cccc(N=C2NC(=O)/C(=C\c3cccnc3)S2)c1Cl. The highest BCUT2D eigenvalue weighted by Crippen LogP contribution is 2.32. The van der Waals surface area contributed by atoms with Gasteiger partial charge in [0.05, 0.1) is 15.6 Å². The fourth-order valence-corrected chi connectivity index (χ4v) is 2.92. The van der Waals surface area contributed by atoms with Crippen molar-refractivity contribution in [3.8, 4) is 0 Å². The van der Waals surface area contributed by atoms with E-state index in [1.54, 1.807) is 18.5 Å². The summed E-state index contributed by atoms with van der Waals surface area (Å²) in [6.07, 6.45) is 5.18. The number of hydrogen-bond acceptors (Lipinski definition) is 4. The molecule has 1 aliphatic rings. The van der Waals surface area contributed by atoms with Crippen LogP contribution >= 0.6 is 23.4 Å². The highest BCUT2D eigenvalue weighted by molar-refractivity contribution is 8.18. The quantitative estimate of drug-likeness (QED) is 0.849. The molecule has 0 spiro atoms. The van der Waals surface area contributed by atoms with E-state index in [4.69, 9.17) is 11.6 Å². The van der Waals surface area contributed by atoms with Crippen molar-refractivity contribution in [3.05, 3.63) is 63.8 Å². The first-order valence-corrected chi connectivity index (χ1v) is 7.77. The summed E-state index contributed by atoms with van der Waals surface area (Å²) in [6.45, 7) is 1.92. The molecule has 0 atom stereocenters. The number of aliphatic imine (C=N–C) groups is 1. The van der Waals surface area contributed by atoms with Crippen molar-refractivity contribution in [2.45, 2.75) is 6.92 Å². The second kappa shape index (κ2) is 6.34. The smallest absolute Gasteiger partial charge is 0.264 e. The number of hydrogen-bond donors (Lipinski definition) is 1. The van der Waals surface area contributed by atoms with Crippen molar-refractivity contribution >= 4 is 46.2 Å². The van der Waals surface area contributed by atoms with Gasteiger partial charge in [-0.15, -0.1) is 0 Å². The molecule has 1 amide bonds. The topological polar surface area (TPSA) is 54.4 Å². The standard InChI is InChI=1S/C16H12ClN3OS/c1-10-4-2-6-12(14(10)17)19-16-20-15(21)13(22-16)8-11-5-3-7-18-9-11/h2-9H,1H3,(H,19,20,21)/b13-8+. The second-order valence-electron chi connectivity index (χ2n) is 4.68. The molecule has 22 heavy (non-hydrogen) atoms. The third-order valence-electron chi connectivity index (χ3n) is 3.03. The van der Waals surface area contributed by atoms with Crippen molar-refractivity contribution in [2.75, 3.05) is 0 Å². The Balaban J connectivity index is 1.87. The molecule has 0 unspecified atom stereocenters. The van der Waals surface area contributed by atoms with Crippen LogP contribution in [0.5, 0.6) is 0 Å². The Morgan fingerprint density at radius 3 is 2.95 bits per heavy atom. The molecule has 1 saturated heterocycles. The van der Waals surface area contributed by atoms with Gasteiger partial charge in [0.15, 0.2) is 5.17 Å². The summed E-state index contributed by atoms with van der Waals surface area (Å²) in [5.41, 5.74) is 2.46. The fraction of sp³-hybridized carbons (Fsp3) is 0.0625. The maximum absolute atomic E-state index is 12.0. The zero-order chi connectivity index (χ0) is 15.5. The molecule has 4 nitrogen and oxygen atoms in total. The summed E-state index contributed by atoms with van der Waals surface area (Å²) in [5, 5.41) is 3.86. The van der Waals surface area contributed by atoms with Gasteiger partial charge in [0, 0.05) is 12.4 Å². The number of thioether (sulfide) groups is 1. The number of nitrogens with zero attached hydrogens (tertiary/aromatic N) is 2. The van der Waals surface area contributed by atoms with Gasteiger partial charge in [-0.2, -0.15) is 0 Å². The van der Waals surface area contributed by atoms with Crippen LogP contribution < -0.4 is 5.32 Å². The second-order valence-corrected chi connectivity index (χ2v) is 6.08. The molecule has 2 heterocycles. The minimum absolute atomic E-state index is 0.170. The molecule has 1 aliphatic heterocycles. The van der Waals surface area contributed by atoms with Crippen molar-refractivity contribution in [1.29, 1.82) is 0 Å². The highest BCUT2D eigenvalue weighted by Gasteiger charge is 2.24. The summed E-state index contributed by atoms with van der Waals surface area (Å²) < 4.78 is 0. The van der Waals surface area contributed by atoms with Crippen LogP contribution in [0.2, 0.25) is 5.02 Å². The molecule has 0 radical (unpaired) electrons. The largest absolute Gasteiger partial charge is 0.300 e. The van der Waals surface area contributed by atoms with Gasteiger partial charge in [-0.3, -0.25) is 9.78 Å².